The van der Waals surface area contributed by atoms with Gasteiger partial charge in [-0.3, -0.25) is 9.69 Å². The quantitative estimate of drug-likeness (QED) is 0.852. The van der Waals surface area contributed by atoms with Gasteiger partial charge in [0.1, 0.15) is 11.4 Å². The van der Waals surface area contributed by atoms with E-state index >= 15 is 0 Å². The Morgan fingerprint density at radius 2 is 2.18 bits per heavy atom. The summed E-state index contributed by atoms with van der Waals surface area (Å²) >= 11 is 0. The van der Waals surface area contributed by atoms with Crippen molar-refractivity contribution in [1.82, 2.24) is 20.2 Å². The van der Waals surface area contributed by atoms with E-state index in [0.29, 0.717) is 19.1 Å². The Labute approximate surface area is 131 Å². The highest BCUT2D eigenvalue weighted by molar-refractivity contribution is 5.86. The molecule has 0 aromatic carbocycles. The molecule has 1 atom stereocenters. The van der Waals surface area contributed by atoms with Crippen LogP contribution in [0, 0.1) is 0 Å². The zero-order valence-corrected chi connectivity index (χ0v) is 13.3. The number of likely N-dealkylation sites (N-methyl/N-ethyl adjacent to an activating group) is 1. The second-order valence-electron chi connectivity index (χ2n) is 6.29. The minimum atomic E-state index is -0.571. The predicted molar refractivity (Wildman–Crippen MR) is 82.3 cm³/mol. The van der Waals surface area contributed by atoms with Gasteiger partial charge < -0.3 is 10.1 Å². The highest BCUT2D eigenvalue weighted by atomic mass is 16.5. The third kappa shape index (κ3) is 2.85. The van der Waals surface area contributed by atoms with Crippen molar-refractivity contribution in [2.24, 2.45) is 0 Å². The van der Waals surface area contributed by atoms with E-state index in [1.807, 2.05) is 12.4 Å². The first-order valence-electron chi connectivity index (χ1n) is 7.96. The number of nitrogens with one attached hydrogen (secondary N) is 1. The zero-order chi connectivity index (χ0) is 15.6. The topological polar surface area (TPSA) is 67.3 Å². The van der Waals surface area contributed by atoms with Crippen LogP contribution in [0.3, 0.4) is 0 Å². The Kier molecular flexibility index (Phi) is 4.40. The largest absolute Gasteiger partial charge is 0.382 e. The standard InChI is InChI=1S/C16H24N4O2/c1-17-15(21)16(11-22-2)6-3-7-20(16)10-12-8-18-14(19-9-12)13-4-5-13/h8-9,13H,3-7,10-11H2,1-2H3,(H,17,21). The number of carbonyl (C=O) groups excluding carboxylic acids is 1. The van der Waals surface area contributed by atoms with Crippen molar-refractivity contribution >= 4 is 5.91 Å². The summed E-state index contributed by atoms with van der Waals surface area (Å²) in [6.45, 7) is 1.98. The number of ether oxygens (including phenoxy) is 1. The van der Waals surface area contributed by atoms with Gasteiger partial charge in [-0.2, -0.15) is 0 Å². The first-order chi connectivity index (χ1) is 10.7. The third-order valence-electron chi connectivity index (χ3n) is 4.70. The first kappa shape index (κ1) is 15.4. The Bertz CT molecular complexity index is 529. The zero-order valence-electron chi connectivity index (χ0n) is 13.3. The second-order valence-corrected chi connectivity index (χ2v) is 6.29. The number of aromatic nitrogens is 2. The molecule has 2 fully saturated rings. The lowest BCUT2D eigenvalue weighted by Gasteiger charge is -2.36. The molecule has 1 amide bonds. The minimum absolute atomic E-state index is 0.0300. The van der Waals surface area contributed by atoms with E-state index in [2.05, 4.69) is 20.2 Å². The van der Waals surface area contributed by atoms with E-state index in [4.69, 9.17) is 4.74 Å². The molecule has 1 aromatic rings. The SMILES string of the molecule is CNC(=O)C1(COC)CCCN1Cc1cnc(C2CC2)nc1. The molecule has 1 N–H and O–H groups in total. The summed E-state index contributed by atoms with van der Waals surface area (Å²) in [7, 11) is 3.33. The van der Waals surface area contributed by atoms with Gasteiger partial charge in [-0.25, -0.2) is 9.97 Å². The number of hydrogen-bond donors (Lipinski definition) is 1. The smallest absolute Gasteiger partial charge is 0.242 e. The maximum Gasteiger partial charge on any atom is 0.242 e. The van der Waals surface area contributed by atoms with E-state index in [0.717, 1.165) is 30.8 Å². The van der Waals surface area contributed by atoms with Crippen LogP contribution in [0.4, 0.5) is 0 Å². The summed E-state index contributed by atoms with van der Waals surface area (Å²) in [5.41, 5.74) is 0.481. The van der Waals surface area contributed by atoms with Crippen molar-refractivity contribution in [1.29, 1.82) is 0 Å². The Hall–Kier alpha value is -1.53. The van der Waals surface area contributed by atoms with Crippen LogP contribution in [0.25, 0.3) is 0 Å². The van der Waals surface area contributed by atoms with Crippen molar-refractivity contribution in [3.05, 3.63) is 23.8 Å². The van der Waals surface area contributed by atoms with Crippen molar-refractivity contribution in [3.8, 4) is 0 Å². The van der Waals surface area contributed by atoms with Crippen LogP contribution < -0.4 is 5.32 Å². The van der Waals surface area contributed by atoms with E-state index in [1.54, 1.807) is 14.2 Å². The third-order valence-corrected chi connectivity index (χ3v) is 4.70. The van der Waals surface area contributed by atoms with Gasteiger partial charge in [0.05, 0.1) is 6.61 Å². The molecule has 1 aromatic heterocycles. The van der Waals surface area contributed by atoms with Gasteiger partial charge in [0.2, 0.25) is 5.91 Å². The molecule has 0 spiro atoms. The van der Waals surface area contributed by atoms with Gasteiger partial charge in [0.25, 0.3) is 0 Å². The van der Waals surface area contributed by atoms with E-state index in [9.17, 15) is 4.79 Å². The molecular formula is C16H24N4O2. The van der Waals surface area contributed by atoms with Crippen molar-refractivity contribution in [3.63, 3.8) is 0 Å². The van der Waals surface area contributed by atoms with Gasteiger partial charge in [-0.05, 0) is 32.2 Å². The molecule has 1 aliphatic heterocycles. The summed E-state index contributed by atoms with van der Waals surface area (Å²) in [5, 5.41) is 2.79. The normalized spacial score (nSPS) is 25.4. The van der Waals surface area contributed by atoms with E-state index in [-0.39, 0.29) is 5.91 Å². The van der Waals surface area contributed by atoms with Crippen LogP contribution in [-0.4, -0.2) is 53.6 Å². The molecule has 0 bridgehead atoms. The molecule has 2 aliphatic rings. The number of rotatable bonds is 6. The Balaban J connectivity index is 1.75. The average Bonchev–Trinajstić information content (AvgIpc) is 3.31. The summed E-state index contributed by atoms with van der Waals surface area (Å²) < 4.78 is 5.35. The van der Waals surface area contributed by atoms with Gasteiger partial charge in [0, 0.05) is 44.6 Å². The molecule has 1 unspecified atom stereocenters. The van der Waals surface area contributed by atoms with Gasteiger partial charge >= 0.3 is 0 Å². The summed E-state index contributed by atoms with van der Waals surface area (Å²) in [5.74, 6) is 1.56. The summed E-state index contributed by atoms with van der Waals surface area (Å²) in [6.07, 6.45) is 8.04. The fourth-order valence-corrected chi connectivity index (χ4v) is 3.34. The first-order valence-corrected chi connectivity index (χ1v) is 7.96. The van der Waals surface area contributed by atoms with Crippen LogP contribution in [0.2, 0.25) is 0 Å². The van der Waals surface area contributed by atoms with Crippen LogP contribution in [0.1, 0.15) is 43.0 Å². The Morgan fingerprint density at radius 1 is 1.45 bits per heavy atom. The average molecular weight is 304 g/mol. The lowest BCUT2D eigenvalue weighted by Crippen LogP contribution is -2.57. The molecule has 1 saturated carbocycles. The fourth-order valence-electron chi connectivity index (χ4n) is 3.34. The lowest BCUT2D eigenvalue weighted by atomic mass is 9.95. The van der Waals surface area contributed by atoms with Gasteiger partial charge in [-0.15, -0.1) is 0 Å². The maximum atomic E-state index is 12.4. The van der Waals surface area contributed by atoms with Gasteiger partial charge in [0.15, 0.2) is 0 Å². The summed E-state index contributed by atoms with van der Waals surface area (Å²) in [4.78, 5) is 23.6. The van der Waals surface area contributed by atoms with Gasteiger partial charge in [-0.1, -0.05) is 0 Å². The van der Waals surface area contributed by atoms with Crippen molar-refractivity contribution < 1.29 is 9.53 Å². The minimum Gasteiger partial charge on any atom is -0.382 e. The fraction of sp³-hybridized carbons (Fsp3) is 0.688. The number of likely N-dealkylation sites (tertiary alicyclic amines) is 1. The number of amides is 1. The second kappa shape index (κ2) is 6.30. The predicted octanol–water partition coefficient (Wildman–Crippen LogP) is 1.08. The molecule has 1 aliphatic carbocycles. The highest BCUT2D eigenvalue weighted by Gasteiger charge is 2.47. The van der Waals surface area contributed by atoms with Crippen molar-refractivity contribution in [2.75, 3.05) is 27.3 Å². The molecule has 22 heavy (non-hydrogen) atoms. The van der Waals surface area contributed by atoms with Crippen LogP contribution in [0.5, 0.6) is 0 Å². The number of nitrogens with zero attached hydrogens (tertiary/aromatic N) is 3. The monoisotopic (exact) mass is 304 g/mol. The number of methoxy groups -OCH3 is 1. The van der Waals surface area contributed by atoms with Crippen LogP contribution >= 0.6 is 0 Å². The number of carbonyl (C=O) groups is 1. The van der Waals surface area contributed by atoms with Crippen LogP contribution in [-0.2, 0) is 16.1 Å². The maximum absolute atomic E-state index is 12.4. The Morgan fingerprint density at radius 3 is 2.77 bits per heavy atom. The van der Waals surface area contributed by atoms with E-state index < -0.39 is 5.54 Å². The molecule has 1 saturated heterocycles. The summed E-state index contributed by atoms with van der Waals surface area (Å²) in [6, 6.07) is 0. The molecule has 2 heterocycles. The van der Waals surface area contributed by atoms with Crippen molar-refractivity contribution in [2.45, 2.75) is 43.7 Å². The molecule has 3 rings (SSSR count). The molecule has 0 radical (unpaired) electrons. The number of hydrogen-bond acceptors (Lipinski definition) is 5. The lowest BCUT2D eigenvalue weighted by molar-refractivity contribution is -0.135. The van der Waals surface area contributed by atoms with Crippen LogP contribution in [0.15, 0.2) is 12.4 Å². The molecule has 6 nitrogen and oxygen atoms in total. The highest BCUT2D eigenvalue weighted by Crippen LogP contribution is 2.37. The molecular weight excluding hydrogens is 280 g/mol. The van der Waals surface area contributed by atoms with E-state index in [1.165, 1.54) is 12.8 Å². The molecule has 6 heteroatoms. The molecule has 120 valence electrons.